The van der Waals surface area contributed by atoms with Crippen LogP contribution in [-0.2, 0) is 4.79 Å². The number of urea groups is 1. The summed E-state index contributed by atoms with van der Waals surface area (Å²) in [5.74, 6) is -1.25. The first-order valence-corrected chi connectivity index (χ1v) is 6.06. The first kappa shape index (κ1) is 17.5. The van der Waals surface area contributed by atoms with Crippen LogP contribution in [0.1, 0.15) is 33.1 Å². The number of nitrogens with zero attached hydrogens (tertiary/aromatic N) is 1. The summed E-state index contributed by atoms with van der Waals surface area (Å²) >= 11 is 0. The fraction of sp³-hybridized carbons (Fsp3) is 0.818. The summed E-state index contributed by atoms with van der Waals surface area (Å²) in [4.78, 5) is 23.1. The van der Waals surface area contributed by atoms with E-state index in [1.54, 1.807) is 13.8 Å². The summed E-state index contributed by atoms with van der Waals surface area (Å²) in [5, 5.41) is 11.0. The second-order valence-electron chi connectivity index (χ2n) is 4.17. The summed E-state index contributed by atoms with van der Waals surface area (Å²) in [7, 11) is 0. The number of carbonyl (C=O) groups is 2. The molecule has 1 atom stereocenters. The van der Waals surface area contributed by atoms with E-state index in [-0.39, 0.29) is 13.0 Å². The standard InChI is InChI=1S/C11H19F3N2O3/c1-3-5-8(9(17)18)15-10(19)16(6-4-2)7-11(12,13)14/h8H,3-7H2,1-2H3,(H,15,19)(H,17,18)/t8-/m0/s1. The zero-order valence-electron chi connectivity index (χ0n) is 11.0. The van der Waals surface area contributed by atoms with Crippen LogP contribution in [0.3, 0.4) is 0 Å². The maximum absolute atomic E-state index is 12.3. The van der Waals surface area contributed by atoms with Crippen molar-refractivity contribution in [2.45, 2.75) is 45.3 Å². The van der Waals surface area contributed by atoms with E-state index in [0.29, 0.717) is 17.7 Å². The predicted octanol–water partition coefficient (Wildman–Crippen LogP) is 2.22. The second kappa shape index (κ2) is 7.85. The molecule has 8 heteroatoms. The zero-order valence-corrected chi connectivity index (χ0v) is 11.0. The highest BCUT2D eigenvalue weighted by molar-refractivity contribution is 5.82. The van der Waals surface area contributed by atoms with Crippen molar-refractivity contribution in [3.63, 3.8) is 0 Å². The quantitative estimate of drug-likeness (QED) is 0.753. The van der Waals surface area contributed by atoms with E-state index in [2.05, 4.69) is 5.32 Å². The summed E-state index contributed by atoms with van der Waals surface area (Å²) < 4.78 is 36.9. The van der Waals surface area contributed by atoms with Gasteiger partial charge < -0.3 is 15.3 Å². The van der Waals surface area contributed by atoms with E-state index in [9.17, 15) is 22.8 Å². The maximum atomic E-state index is 12.3. The van der Waals surface area contributed by atoms with Crippen LogP contribution in [0.15, 0.2) is 0 Å². The van der Waals surface area contributed by atoms with Gasteiger partial charge in [0.25, 0.3) is 0 Å². The number of amides is 2. The first-order chi connectivity index (χ1) is 8.71. The molecule has 0 aromatic heterocycles. The molecule has 0 aromatic rings. The Bertz CT molecular complexity index is 308. The normalized spacial score (nSPS) is 12.9. The van der Waals surface area contributed by atoms with E-state index in [1.807, 2.05) is 0 Å². The van der Waals surface area contributed by atoms with Gasteiger partial charge in [-0.3, -0.25) is 0 Å². The van der Waals surface area contributed by atoms with Gasteiger partial charge in [-0.1, -0.05) is 20.3 Å². The van der Waals surface area contributed by atoms with Crippen LogP contribution in [0.2, 0.25) is 0 Å². The Balaban J connectivity index is 4.65. The molecule has 0 aromatic carbocycles. The van der Waals surface area contributed by atoms with Crippen molar-refractivity contribution in [3.8, 4) is 0 Å². The lowest BCUT2D eigenvalue weighted by Gasteiger charge is -2.25. The van der Waals surface area contributed by atoms with E-state index < -0.39 is 30.8 Å². The van der Waals surface area contributed by atoms with Crippen molar-refractivity contribution in [2.24, 2.45) is 0 Å². The molecule has 2 N–H and O–H groups in total. The number of alkyl halides is 3. The van der Waals surface area contributed by atoms with Crippen molar-refractivity contribution in [2.75, 3.05) is 13.1 Å². The summed E-state index contributed by atoms with van der Waals surface area (Å²) in [6.45, 7) is 1.90. The van der Waals surface area contributed by atoms with Gasteiger partial charge in [-0.15, -0.1) is 0 Å². The lowest BCUT2D eigenvalue weighted by molar-refractivity contribution is -0.141. The van der Waals surface area contributed by atoms with Gasteiger partial charge in [0.1, 0.15) is 12.6 Å². The molecule has 2 amide bonds. The molecule has 0 bridgehead atoms. The molecule has 0 radical (unpaired) electrons. The Morgan fingerprint density at radius 1 is 1.26 bits per heavy atom. The van der Waals surface area contributed by atoms with Crippen molar-refractivity contribution in [3.05, 3.63) is 0 Å². The first-order valence-electron chi connectivity index (χ1n) is 6.06. The van der Waals surface area contributed by atoms with E-state index in [0.717, 1.165) is 0 Å². The molecule has 19 heavy (non-hydrogen) atoms. The lowest BCUT2D eigenvalue weighted by atomic mass is 10.2. The molecular weight excluding hydrogens is 265 g/mol. The smallest absolute Gasteiger partial charge is 0.406 e. The van der Waals surface area contributed by atoms with Gasteiger partial charge in [0.15, 0.2) is 0 Å². The van der Waals surface area contributed by atoms with Gasteiger partial charge in [0.2, 0.25) is 0 Å². The Morgan fingerprint density at radius 2 is 1.84 bits per heavy atom. The Hall–Kier alpha value is -1.47. The molecule has 0 aliphatic rings. The number of carboxylic acids is 1. The highest BCUT2D eigenvalue weighted by atomic mass is 19.4. The minimum absolute atomic E-state index is 0.0796. The fourth-order valence-corrected chi connectivity index (χ4v) is 1.53. The number of carbonyl (C=O) groups excluding carboxylic acids is 1. The molecule has 0 aliphatic carbocycles. The van der Waals surface area contributed by atoms with Gasteiger partial charge >= 0.3 is 18.2 Å². The molecule has 0 fully saturated rings. The van der Waals surface area contributed by atoms with Crippen molar-refractivity contribution < 1.29 is 27.9 Å². The molecule has 0 spiro atoms. The topological polar surface area (TPSA) is 69.6 Å². The Kier molecular flexibility index (Phi) is 7.25. The molecule has 0 saturated carbocycles. The molecule has 0 unspecified atom stereocenters. The minimum Gasteiger partial charge on any atom is -0.480 e. The van der Waals surface area contributed by atoms with Crippen molar-refractivity contribution in [1.29, 1.82) is 0 Å². The third-order valence-electron chi connectivity index (χ3n) is 2.32. The second-order valence-corrected chi connectivity index (χ2v) is 4.17. The molecule has 0 saturated heterocycles. The monoisotopic (exact) mass is 284 g/mol. The van der Waals surface area contributed by atoms with E-state index in [4.69, 9.17) is 5.11 Å². The number of rotatable bonds is 7. The molecule has 112 valence electrons. The highest BCUT2D eigenvalue weighted by Crippen LogP contribution is 2.16. The summed E-state index contributed by atoms with van der Waals surface area (Å²) in [6, 6.07) is -2.16. The van der Waals surface area contributed by atoms with Gasteiger partial charge in [-0.2, -0.15) is 13.2 Å². The van der Waals surface area contributed by atoms with E-state index >= 15 is 0 Å². The summed E-state index contributed by atoms with van der Waals surface area (Å²) in [5.41, 5.74) is 0. The largest absolute Gasteiger partial charge is 0.480 e. The van der Waals surface area contributed by atoms with Crippen LogP contribution in [-0.4, -0.2) is 47.3 Å². The number of halogens is 3. The number of nitrogens with one attached hydrogen (secondary N) is 1. The van der Waals surface area contributed by atoms with Gasteiger partial charge in [-0.25, -0.2) is 9.59 Å². The van der Waals surface area contributed by atoms with Crippen LogP contribution in [0.25, 0.3) is 0 Å². The Labute approximate surface area is 109 Å². The summed E-state index contributed by atoms with van der Waals surface area (Å²) in [6.07, 6.45) is -3.47. The maximum Gasteiger partial charge on any atom is 0.406 e. The van der Waals surface area contributed by atoms with Gasteiger partial charge in [0.05, 0.1) is 0 Å². The average molecular weight is 284 g/mol. The van der Waals surface area contributed by atoms with Crippen molar-refractivity contribution >= 4 is 12.0 Å². The van der Waals surface area contributed by atoms with Gasteiger partial charge in [-0.05, 0) is 12.8 Å². The lowest BCUT2D eigenvalue weighted by Crippen LogP contribution is -2.50. The van der Waals surface area contributed by atoms with Crippen LogP contribution in [0, 0.1) is 0 Å². The predicted molar refractivity (Wildman–Crippen MR) is 62.8 cm³/mol. The minimum atomic E-state index is -4.50. The van der Waals surface area contributed by atoms with Crippen LogP contribution < -0.4 is 5.32 Å². The fourth-order valence-electron chi connectivity index (χ4n) is 1.53. The number of hydrogen-bond acceptors (Lipinski definition) is 2. The van der Waals surface area contributed by atoms with Crippen molar-refractivity contribution in [1.82, 2.24) is 10.2 Å². The SMILES string of the molecule is CCC[C@H](NC(=O)N(CCC)CC(F)(F)F)C(=O)O. The molecular formula is C11H19F3N2O3. The third-order valence-corrected chi connectivity index (χ3v) is 2.32. The van der Waals surface area contributed by atoms with Gasteiger partial charge in [0, 0.05) is 6.54 Å². The average Bonchev–Trinajstić information content (AvgIpc) is 2.25. The molecule has 0 heterocycles. The van der Waals surface area contributed by atoms with E-state index in [1.165, 1.54) is 0 Å². The molecule has 5 nitrogen and oxygen atoms in total. The number of aliphatic carboxylic acids is 1. The molecule has 0 rings (SSSR count). The van der Waals surface area contributed by atoms with Crippen LogP contribution in [0.4, 0.5) is 18.0 Å². The third kappa shape index (κ3) is 7.53. The molecule has 0 aliphatic heterocycles. The highest BCUT2D eigenvalue weighted by Gasteiger charge is 2.33. The zero-order chi connectivity index (χ0) is 15.1. The Morgan fingerprint density at radius 3 is 2.21 bits per heavy atom. The van der Waals surface area contributed by atoms with Crippen LogP contribution >= 0.6 is 0 Å². The number of carboxylic acid groups (broad SMARTS) is 1. The van der Waals surface area contributed by atoms with Crippen LogP contribution in [0.5, 0.6) is 0 Å². The number of hydrogen-bond donors (Lipinski definition) is 2.